The van der Waals surface area contributed by atoms with Crippen molar-refractivity contribution in [3.63, 3.8) is 0 Å². The Morgan fingerprint density at radius 2 is 1.30 bits per heavy atom. The third kappa shape index (κ3) is 13.0. The lowest BCUT2D eigenvalue weighted by Crippen LogP contribution is -3.00. The highest BCUT2D eigenvalue weighted by molar-refractivity contribution is 7.75. The molecule has 0 saturated carbocycles. The van der Waals surface area contributed by atoms with Crippen molar-refractivity contribution in [2.45, 2.75) is 72.6 Å². The van der Waals surface area contributed by atoms with E-state index in [1.807, 2.05) is 6.92 Å². The summed E-state index contributed by atoms with van der Waals surface area (Å²) in [5.74, 6) is -0.192. The van der Waals surface area contributed by atoms with Crippen LogP contribution in [-0.2, 0) is 9.53 Å². The van der Waals surface area contributed by atoms with Crippen molar-refractivity contribution in [1.29, 1.82) is 0 Å². The zero-order valence-corrected chi connectivity index (χ0v) is 17.4. The van der Waals surface area contributed by atoms with Crippen LogP contribution in [0.15, 0.2) is 12.2 Å². The van der Waals surface area contributed by atoms with Crippen LogP contribution in [0.2, 0.25) is 0 Å². The molecule has 0 unspecified atom stereocenters. The number of carbonyl (C=O) groups is 1. The van der Waals surface area contributed by atoms with Gasteiger partial charge in [0.05, 0.1) is 31.3 Å². The van der Waals surface area contributed by atoms with Gasteiger partial charge in [-0.2, -0.15) is 0 Å². The Hall–Kier alpha value is -0.0700. The molecule has 0 fully saturated rings. The fraction of sp³-hybridized carbons (Fsp3) is 0.842. The minimum Gasteiger partial charge on any atom is -1.00 e. The molecule has 0 rings (SSSR count). The predicted octanol–water partition coefficient (Wildman–Crippen LogP) is 2.92. The molecule has 0 aliphatic rings. The molecule has 0 amide bonds. The van der Waals surface area contributed by atoms with Crippen LogP contribution in [0.3, 0.4) is 0 Å². The van der Waals surface area contributed by atoms with E-state index in [0.29, 0.717) is 6.61 Å². The molecule has 23 heavy (non-hydrogen) atoms. The van der Waals surface area contributed by atoms with Gasteiger partial charge in [-0.3, -0.25) is 0 Å². The molecule has 0 heterocycles. The Morgan fingerprint density at radius 1 is 0.870 bits per heavy atom. The number of hydrogen-bond acceptors (Lipinski definition) is 2. The molecule has 4 heteroatoms. The van der Waals surface area contributed by atoms with E-state index in [1.54, 1.807) is 6.08 Å². The topological polar surface area (TPSA) is 26.3 Å². The van der Waals surface area contributed by atoms with E-state index in [4.69, 9.17) is 4.74 Å². The number of ether oxygens (including phenoxy) is 1. The second-order valence-corrected chi connectivity index (χ2v) is 10.8. The second-order valence-electron chi connectivity index (χ2n) is 6.32. The van der Waals surface area contributed by atoms with Gasteiger partial charge in [-0.05, 0) is 26.2 Å². The molecule has 0 radical (unpaired) electrons. The lowest BCUT2D eigenvalue weighted by atomic mass is 10.4. The zero-order valence-electron chi connectivity index (χ0n) is 15.8. The molecular formula is C19H38ClO2P. The first-order valence-corrected chi connectivity index (χ1v) is 11.8. The van der Waals surface area contributed by atoms with Gasteiger partial charge in [-0.25, -0.2) is 4.79 Å². The minimum atomic E-state index is -0.830. The second kappa shape index (κ2) is 16.8. The van der Waals surface area contributed by atoms with E-state index < -0.39 is 7.26 Å². The molecule has 0 spiro atoms. The van der Waals surface area contributed by atoms with Crippen LogP contribution >= 0.6 is 7.26 Å². The SMILES string of the molecule is CC=CC(=O)OCCC[P+](CCCC)(CCCC)CCCC.[Cl-]. The summed E-state index contributed by atoms with van der Waals surface area (Å²) in [6.45, 7) is 9.33. The summed E-state index contributed by atoms with van der Waals surface area (Å²) in [5, 5.41) is 0. The minimum absolute atomic E-state index is 0. The van der Waals surface area contributed by atoms with Crippen molar-refractivity contribution in [1.82, 2.24) is 0 Å². The Morgan fingerprint density at radius 3 is 1.70 bits per heavy atom. The quantitative estimate of drug-likeness (QED) is 0.205. The van der Waals surface area contributed by atoms with E-state index in [9.17, 15) is 4.79 Å². The molecule has 0 aromatic carbocycles. The third-order valence-electron chi connectivity index (χ3n) is 4.28. The van der Waals surface area contributed by atoms with Crippen molar-refractivity contribution in [2.75, 3.05) is 31.3 Å². The Balaban J connectivity index is 0. The van der Waals surface area contributed by atoms with Crippen molar-refractivity contribution in [3.8, 4) is 0 Å². The number of esters is 1. The highest BCUT2D eigenvalue weighted by Gasteiger charge is 2.34. The van der Waals surface area contributed by atoms with Crippen LogP contribution in [0.1, 0.15) is 72.6 Å². The largest absolute Gasteiger partial charge is 1.00 e. The van der Waals surface area contributed by atoms with Gasteiger partial charge in [0.15, 0.2) is 0 Å². The van der Waals surface area contributed by atoms with Gasteiger partial charge >= 0.3 is 5.97 Å². The van der Waals surface area contributed by atoms with Gasteiger partial charge in [-0.1, -0.05) is 46.1 Å². The number of halogens is 1. The summed E-state index contributed by atoms with van der Waals surface area (Å²) in [6, 6.07) is 0. The fourth-order valence-corrected chi connectivity index (χ4v) is 8.01. The van der Waals surface area contributed by atoms with E-state index >= 15 is 0 Å². The highest BCUT2D eigenvalue weighted by Crippen LogP contribution is 2.61. The van der Waals surface area contributed by atoms with Gasteiger partial charge in [0.1, 0.15) is 0 Å². The maximum Gasteiger partial charge on any atom is 0.330 e. The summed E-state index contributed by atoms with van der Waals surface area (Å²) in [4.78, 5) is 11.4. The normalized spacial score (nSPS) is 11.5. The number of hydrogen-bond donors (Lipinski definition) is 0. The summed E-state index contributed by atoms with van der Waals surface area (Å²) in [6.07, 6.45) is 18.0. The molecule has 0 aromatic heterocycles. The monoisotopic (exact) mass is 364 g/mol. The highest BCUT2D eigenvalue weighted by atomic mass is 35.5. The van der Waals surface area contributed by atoms with Crippen molar-refractivity contribution < 1.29 is 21.9 Å². The number of carbonyl (C=O) groups excluding carboxylic acids is 1. The van der Waals surface area contributed by atoms with Gasteiger partial charge < -0.3 is 17.1 Å². The Labute approximate surface area is 151 Å². The molecule has 2 nitrogen and oxygen atoms in total. The first-order valence-electron chi connectivity index (χ1n) is 9.28. The Bertz CT molecular complexity index is 284. The standard InChI is InChI=1S/C19H38O2P.ClH/c1-5-9-15-22(16-10-6-2,17-11-7-3)18-12-14-21-19(20)13-8-4;/h8,13H,5-7,9-12,14-18H2,1-4H3;1H/q+1;/p-1. The lowest BCUT2D eigenvalue weighted by Gasteiger charge is -2.28. The molecule has 0 aromatic rings. The molecule has 0 aliphatic carbocycles. The lowest BCUT2D eigenvalue weighted by molar-refractivity contribution is -0.137. The number of allylic oxidation sites excluding steroid dienone is 1. The molecular weight excluding hydrogens is 327 g/mol. The first kappa shape index (κ1) is 25.2. The molecule has 0 bridgehead atoms. The number of unbranched alkanes of at least 4 members (excludes halogenated alkanes) is 3. The number of rotatable bonds is 14. The zero-order chi connectivity index (χ0) is 16.7. The predicted molar refractivity (Wildman–Crippen MR) is 102 cm³/mol. The van der Waals surface area contributed by atoms with Crippen molar-refractivity contribution >= 4 is 13.2 Å². The molecule has 0 atom stereocenters. The van der Waals surface area contributed by atoms with Crippen LogP contribution in [0, 0.1) is 0 Å². The maximum absolute atomic E-state index is 11.4. The molecule has 138 valence electrons. The van der Waals surface area contributed by atoms with Crippen LogP contribution < -0.4 is 12.4 Å². The van der Waals surface area contributed by atoms with Crippen LogP contribution in [0.25, 0.3) is 0 Å². The van der Waals surface area contributed by atoms with Gasteiger partial charge in [-0.15, -0.1) is 0 Å². The summed E-state index contributed by atoms with van der Waals surface area (Å²) in [5.41, 5.74) is 0. The van der Waals surface area contributed by atoms with Crippen LogP contribution in [0.4, 0.5) is 0 Å². The average Bonchev–Trinajstić information content (AvgIpc) is 2.52. The van der Waals surface area contributed by atoms with E-state index in [1.165, 1.54) is 69.2 Å². The molecule has 0 saturated heterocycles. The van der Waals surface area contributed by atoms with Crippen molar-refractivity contribution in [2.24, 2.45) is 0 Å². The Kier molecular flexibility index (Phi) is 18.4. The molecule has 0 aliphatic heterocycles. The third-order valence-corrected chi connectivity index (χ3v) is 9.34. The fourth-order valence-electron chi connectivity index (χ4n) is 2.91. The summed E-state index contributed by atoms with van der Waals surface area (Å²) in [7, 11) is -0.830. The smallest absolute Gasteiger partial charge is 0.330 e. The van der Waals surface area contributed by atoms with E-state index in [2.05, 4.69) is 20.8 Å². The maximum atomic E-state index is 11.4. The average molecular weight is 365 g/mol. The van der Waals surface area contributed by atoms with E-state index in [0.717, 1.165) is 6.42 Å². The first-order chi connectivity index (χ1) is 10.6. The van der Waals surface area contributed by atoms with Crippen LogP contribution in [-0.4, -0.2) is 37.2 Å². The van der Waals surface area contributed by atoms with Gasteiger partial charge in [0.25, 0.3) is 0 Å². The van der Waals surface area contributed by atoms with Gasteiger partial charge in [0, 0.05) is 19.8 Å². The summed E-state index contributed by atoms with van der Waals surface area (Å²) < 4.78 is 5.28. The van der Waals surface area contributed by atoms with Gasteiger partial charge in [0.2, 0.25) is 0 Å². The van der Waals surface area contributed by atoms with E-state index in [-0.39, 0.29) is 18.4 Å². The molecule has 0 N–H and O–H groups in total. The summed E-state index contributed by atoms with van der Waals surface area (Å²) >= 11 is 0. The van der Waals surface area contributed by atoms with Crippen molar-refractivity contribution in [3.05, 3.63) is 12.2 Å². The van der Waals surface area contributed by atoms with Crippen LogP contribution in [0.5, 0.6) is 0 Å².